The van der Waals surface area contributed by atoms with Crippen molar-refractivity contribution in [3.8, 4) is 0 Å². The minimum absolute atomic E-state index is 0.260. The number of aryl methyl sites for hydroxylation is 2. The minimum Gasteiger partial charge on any atom is -0.465 e. The Kier molecular flexibility index (Phi) is 5.90. The van der Waals surface area contributed by atoms with Crippen molar-refractivity contribution >= 4 is 40.2 Å². The monoisotopic (exact) mass is 313 g/mol. The van der Waals surface area contributed by atoms with Gasteiger partial charge in [-0.2, -0.15) is 0 Å². The van der Waals surface area contributed by atoms with Gasteiger partial charge in [0.25, 0.3) is 5.91 Å². The summed E-state index contributed by atoms with van der Waals surface area (Å²) in [6.07, 6.45) is 1.79. The lowest BCUT2D eigenvalue weighted by Crippen LogP contribution is -2.40. The van der Waals surface area contributed by atoms with E-state index in [9.17, 15) is 9.59 Å². The second-order valence-corrected chi connectivity index (χ2v) is 5.30. The fourth-order valence-electron chi connectivity index (χ4n) is 1.50. The van der Waals surface area contributed by atoms with Crippen molar-refractivity contribution in [3.05, 3.63) is 28.6 Å². The van der Waals surface area contributed by atoms with E-state index in [0.717, 1.165) is 0 Å². The van der Waals surface area contributed by atoms with E-state index in [-0.39, 0.29) is 11.1 Å². The molecule has 0 atom stereocenters. The first-order valence-electron chi connectivity index (χ1n) is 5.61. The molecule has 20 heavy (non-hydrogen) atoms. The van der Waals surface area contributed by atoms with Crippen LogP contribution in [0.15, 0.2) is 6.07 Å². The number of rotatable bonds is 2. The van der Waals surface area contributed by atoms with E-state index in [4.69, 9.17) is 12.2 Å². The number of methoxy groups -OCH3 is 1. The number of amides is 1. The number of nitrogens with zero attached hydrogens (tertiary/aromatic N) is 1. The minimum atomic E-state index is -0.531. The third-order valence-corrected chi connectivity index (χ3v) is 3.59. The molecule has 0 aliphatic heterocycles. The standard InChI is InChI=1S/C12H15N3O3S2/c1-6-8(10(16)14-15-12(19)20-4)5-9(7(2)13-6)11(17)18-3/h5H,1-4H3,(H,14,16)(H,15,19). The molecule has 1 heterocycles. The Morgan fingerprint density at radius 3 is 2.40 bits per heavy atom. The Labute approximate surface area is 126 Å². The van der Waals surface area contributed by atoms with Crippen LogP contribution in [0.25, 0.3) is 0 Å². The van der Waals surface area contributed by atoms with Gasteiger partial charge in [0.2, 0.25) is 0 Å². The van der Waals surface area contributed by atoms with Gasteiger partial charge in [0.05, 0.1) is 29.6 Å². The van der Waals surface area contributed by atoms with Gasteiger partial charge in [-0.05, 0) is 26.2 Å². The number of pyridine rings is 1. The van der Waals surface area contributed by atoms with Crippen LogP contribution in [-0.4, -0.2) is 34.5 Å². The topological polar surface area (TPSA) is 80.3 Å². The zero-order valence-electron chi connectivity index (χ0n) is 11.6. The van der Waals surface area contributed by atoms with Gasteiger partial charge in [-0.15, -0.1) is 0 Å². The molecule has 0 saturated carbocycles. The lowest BCUT2D eigenvalue weighted by atomic mass is 10.1. The number of hydrazine groups is 1. The number of carbonyl (C=O) groups excluding carboxylic acids is 2. The summed E-state index contributed by atoms with van der Waals surface area (Å²) in [6.45, 7) is 3.37. The first-order valence-corrected chi connectivity index (χ1v) is 7.24. The molecule has 108 valence electrons. The maximum Gasteiger partial charge on any atom is 0.339 e. The normalized spacial score (nSPS) is 9.80. The first kappa shape index (κ1) is 16.4. The maximum absolute atomic E-state index is 12.0. The average molecular weight is 313 g/mol. The van der Waals surface area contributed by atoms with Crippen molar-refractivity contribution in [1.29, 1.82) is 0 Å². The molecule has 1 aromatic heterocycles. The summed E-state index contributed by atoms with van der Waals surface area (Å²) in [7, 11) is 1.28. The molecular weight excluding hydrogens is 298 g/mol. The predicted molar refractivity (Wildman–Crippen MR) is 81.8 cm³/mol. The van der Waals surface area contributed by atoms with Crippen molar-refractivity contribution in [3.63, 3.8) is 0 Å². The van der Waals surface area contributed by atoms with Crippen molar-refractivity contribution in [2.75, 3.05) is 13.4 Å². The summed E-state index contributed by atoms with van der Waals surface area (Å²) in [5, 5.41) is 0. The van der Waals surface area contributed by atoms with Crippen molar-refractivity contribution in [1.82, 2.24) is 15.8 Å². The smallest absolute Gasteiger partial charge is 0.339 e. The van der Waals surface area contributed by atoms with Crippen LogP contribution in [0.1, 0.15) is 32.1 Å². The quantitative estimate of drug-likeness (QED) is 0.485. The largest absolute Gasteiger partial charge is 0.465 e. The molecule has 1 amide bonds. The van der Waals surface area contributed by atoms with Crippen LogP contribution in [0.2, 0.25) is 0 Å². The zero-order chi connectivity index (χ0) is 15.3. The SMILES string of the molecule is COC(=O)c1cc(C(=O)NNC(=S)SC)c(C)nc1C. The molecule has 0 aliphatic rings. The van der Waals surface area contributed by atoms with Gasteiger partial charge in [-0.25, -0.2) is 4.79 Å². The molecule has 6 nitrogen and oxygen atoms in total. The Balaban J connectivity index is 3.02. The van der Waals surface area contributed by atoms with Gasteiger partial charge in [0, 0.05) is 0 Å². The van der Waals surface area contributed by atoms with Gasteiger partial charge in [0.15, 0.2) is 4.32 Å². The Hall–Kier alpha value is -1.67. The Morgan fingerprint density at radius 1 is 1.25 bits per heavy atom. The lowest BCUT2D eigenvalue weighted by molar-refractivity contribution is 0.0599. The molecule has 0 aliphatic carbocycles. The van der Waals surface area contributed by atoms with Gasteiger partial charge < -0.3 is 4.74 Å². The Bertz CT molecular complexity index is 561. The van der Waals surface area contributed by atoms with Gasteiger partial charge >= 0.3 is 5.97 Å². The number of hydrogen-bond donors (Lipinski definition) is 2. The molecular formula is C12H15N3O3S2. The first-order chi connectivity index (χ1) is 9.40. The van der Waals surface area contributed by atoms with E-state index in [1.54, 1.807) is 20.1 Å². The number of thiocarbonyl (C=S) groups is 1. The van der Waals surface area contributed by atoms with E-state index < -0.39 is 11.9 Å². The van der Waals surface area contributed by atoms with Crippen LogP contribution < -0.4 is 10.9 Å². The predicted octanol–water partition coefficient (Wildman–Crippen LogP) is 1.37. The molecule has 8 heteroatoms. The molecule has 1 rings (SSSR count). The highest BCUT2D eigenvalue weighted by Gasteiger charge is 2.17. The van der Waals surface area contributed by atoms with E-state index >= 15 is 0 Å². The van der Waals surface area contributed by atoms with Crippen LogP contribution >= 0.6 is 24.0 Å². The highest BCUT2D eigenvalue weighted by molar-refractivity contribution is 8.22. The summed E-state index contributed by atoms with van der Waals surface area (Å²) in [6, 6.07) is 1.46. The van der Waals surface area contributed by atoms with Crippen LogP contribution in [0.3, 0.4) is 0 Å². The molecule has 2 N–H and O–H groups in total. The number of aromatic nitrogens is 1. The molecule has 0 aromatic carbocycles. The highest BCUT2D eigenvalue weighted by atomic mass is 32.2. The summed E-state index contributed by atoms with van der Waals surface area (Å²) >= 11 is 6.21. The molecule has 0 saturated heterocycles. The maximum atomic E-state index is 12.0. The number of thioether (sulfide) groups is 1. The second kappa shape index (κ2) is 7.20. The third kappa shape index (κ3) is 3.91. The van der Waals surface area contributed by atoms with Crippen LogP contribution in [-0.2, 0) is 4.74 Å². The van der Waals surface area contributed by atoms with E-state index in [2.05, 4.69) is 20.6 Å². The number of nitrogens with one attached hydrogen (secondary N) is 2. The number of hydrogen-bond acceptors (Lipinski definition) is 6. The number of esters is 1. The Morgan fingerprint density at radius 2 is 1.85 bits per heavy atom. The number of ether oxygens (including phenoxy) is 1. The lowest BCUT2D eigenvalue weighted by Gasteiger charge is -2.11. The summed E-state index contributed by atoms with van der Waals surface area (Å²) in [5.74, 6) is -0.951. The highest BCUT2D eigenvalue weighted by Crippen LogP contribution is 2.13. The molecule has 0 spiro atoms. The second-order valence-electron chi connectivity index (χ2n) is 3.82. The fraction of sp³-hybridized carbons (Fsp3) is 0.333. The third-order valence-electron chi connectivity index (χ3n) is 2.52. The summed E-state index contributed by atoms with van der Waals surface area (Å²) < 4.78 is 5.09. The summed E-state index contributed by atoms with van der Waals surface area (Å²) in [5.41, 5.74) is 6.61. The van der Waals surface area contributed by atoms with Crippen molar-refractivity contribution < 1.29 is 14.3 Å². The van der Waals surface area contributed by atoms with Crippen LogP contribution in [0.5, 0.6) is 0 Å². The zero-order valence-corrected chi connectivity index (χ0v) is 13.2. The van der Waals surface area contributed by atoms with E-state index in [1.807, 2.05) is 0 Å². The summed E-state index contributed by atoms with van der Waals surface area (Å²) in [4.78, 5) is 27.8. The fourth-order valence-corrected chi connectivity index (χ4v) is 1.70. The molecule has 0 unspecified atom stereocenters. The molecule has 0 fully saturated rings. The van der Waals surface area contributed by atoms with E-state index in [1.165, 1.54) is 24.9 Å². The van der Waals surface area contributed by atoms with Crippen molar-refractivity contribution in [2.24, 2.45) is 0 Å². The molecule has 0 radical (unpaired) electrons. The van der Waals surface area contributed by atoms with Gasteiger partial charge in [-0.1, -0.05) is 24.0 Å². The van der Waals surface area contributed by atoms with Gasteiger partial charge in [-0.3, -0.25) is 20.6 Å². The average Bonchev–Trinajstić information content (AvgIpc) is 2.43. The van der Waals surface area contributed by atoms with Crippen LogP contribution in [0, 0.1) is 13.8 Å². The van der Waals surface area contributed by atoms with E-state index in [0.29, 0.717) is 15.7 Å². The van der Waals surface area contributed by atoms with Gasteiger partial charge in [0.1, 0.15) is 0 Å². The van der Waals surface area contributed by atoms with Crippen molar-refractivity contribution in [2.45, 2.75) is 13.8 Å². The molecule has 0 bridgehead atoms. The number of carbonyl (C=O) groups is 2. The van der Waals surface area contributed by atoms with Crippen LogP contribution in [0.4, 0.5) is 0 Å². The molecule has 1 aromatic rings.